The Morgan fingerprint density at radius 2 is 0.814 bits per heavy atom. The molecule has 4 aromatic rings. The first-order valence-corrected chi connectivity index (χ1v) is 17.9. The molecule has 0 fully saturated rings. The van der Waals surface area contributed by atoms with Gasteiger partial charge in [0.25, 0.3) is 0 Å². The fourth-order valence-electron chi connectivity index (χ4n) is 6.93. The van der Waals surface area contributed by atoms with Gasteiger partial charge in [-0.05, 0) is 0 Å². The molecule has 0 saturated carbocycles. The van der Waals surface area contributed by atoms with E-state index in [0.717, 1.165) is 0 Å². The van der Waals surface area contributed by atoms with Crippen LogP contribution in [0.1, 0.15) is 96.0 Å². The van der Waals surface area contributed by atoms with Crippen LogP contribution in [0.2, 0.25) is 0 Å². The molecular formula is C40H42Cl2Zr. The van der Waals surface area contributed by atoms with E-state index in [1.54, 1.807) is 22.3 Å². The van der Waals surface area contributed by atoms with Gasteiger partial charge >= 0.3 is 261 Å². The number of hydrogen-bond donors (Lipinski definition) is 0. The van der Waals surface area contributed by atoms with Gasteiger partial charge in [0.2, 0.25) is 0 Å². The summed E-state index contributed by atoms with van der Waals surface area (Å²) in [4.78, 5) is 0. The topological polar surface area (TPSA) is 0 Å². The third-order valence-corrected chi connectivity index (χ3v) is 14.3. The molecule has 0 aromatic heterocycles. The Hall–Kier alpha value is -2.18. The maximum absolute atomic E-state index is 2.51. The molecule has 6 rings (SSSR count). The van der Waals surface area contributed by atoms with E-state index in [4.69, 9.17) is 0 Å². The van der Waals surface area contributed by atoms with Crippen LogP contribution in [0, 0.1) is 0 Å². The van der Waals surface area contributed by atoms with Crippen LogP contribution in [0.15, 0.2) is 96.1 Å². The minimum Gasteiger partial charge on any atom is -1.00 e. The molecule has 0 amide bonds. The third kappa shape index (κ3) is 6.20. The second-order valence-electron chi connectivity index (χ2n) is 14.0. The average Bonchev–Trinajstić information content (AvgIpc) is 3.43. The molecule has 0 saturated heterocycles. The fourth-order valence-corrected chi connectivity index (χ4v) is 11.6. The maximum Gasteiger partial charge on any atom is -1.00 e. The Bertz CT molecular complexity index is 1580. The van der Waals surface area contributed by atoms with Crippen LogP contribution >= 0.6 is 0 Å². The third-order valence-electron chi connectivity index (χ3n) is 8.94. The van der Waals surface area contributed by atoms with E-state index in [0.29, 0.717) is 7.25 Å². The van der Waals surface area contributed by atoms with Crippen molar-refractivity contribution in [2.45, 2.75) is 73.5 Å². The number of halogens is 2. The molecule has 0 radical (unpaired) electrons. The second-order valence-corrected chi connectivity index (χ2v) is 17.7. The van der Waals surface area contributed by atoms with Crippen LogP contribution in [0.25, 0.3) is 34.4 Å². The Morgan fingerprint density at radius 1 is 0.465 bits per heavy atom. The minimum absolute atomic E-state index is 0. The van der Waals surface area contributed by atoms with Crippen molar-refractivity contribution in [2.24, 2.45) is 0 Å². The number of allylic oxidation sites excluding steroid dienone is 2. The average molecular weight is 685 g/mol. The van der Waals surface area contributed by atoms with Crippen molar-refractivity contribution < 1.29 is 48.0 Å². The summed E-state index contributed by atoms with van der Waals surface area (Å²) in [6.45, 7) is 18.7. The molecule has 2 atom stereocenters. The molecule has 2 unspecified atom stereocenters. The van der Waals surface area contributed by atoms with Crippen molar-refractivity contribution in [3.05, 3.63) is 129 Å². The van der Waals surface area contributed by atoms with Gasteiger partial charge < -0.3 is 24.8 Å². The Balaban J connectivity index is 0.00000212. The van der Waals surface area contributed by atoms with E-state index in [2.05, 4.69) is 152 Å². The van der Waals surface area contributed by atoms with Gasteiger partial charge in [0.15, 0.2) is 0 Å². The molecular weight excluding hydrogens is 643 g/mol. The van der Waals surface area contributed by atoms with Crippen LogP contribution < -0.4 is 24.8 Å². The summed E-state index contributed by atoms with van der Waals surface area (Å²) in [7, 11) is 0. The predicted octanol–water partition coefficient (Wildman–Crippen LogP) is 5.32. The van der Waals surface area contributed by atoms with Crippen molar-refractivity contribution in [1.29, 1.82) is 0 Å². The summed E-state index contributed by atoms with van der Waals surface area (Å²) in [5.41, 5.74) is 17.8. The molecule has 2 aliphatic rings. The summed E-state index contributed by atoms with van der Waals surface area (Å²) in [5.74, 6) is 0. The second kappa shape index (κ2) is 12.7. The first-order chi connectivity index (χ1) is 19.4. The van der Waals surface area contributed by atoms with Crippen LogP contribution in [0.5, 0.6) is 0 Å². The number of benzene rings is 4. The van der Waals surface area contributed by atoms with E-state index in [1.165, 1.54) is 44.5 Å². The zero-order valence-corrected chi connectivity index (χ0v) is 30.6. The number of fused-ring (bicyclic) bond motifs is 2. The first-order valence-electron chi connectivity index (χ1n) is 15.0. The fraction of sp³-hybridized carbons (Fsp3) is 0.300. The first kappa shape index (κ1) is 33.7. The van der Waals surface area contributed by atoms with Gasteiger partial charge in [-0.3, -0.25) is 0 Å². The van der Waals surface area contributed by atoms with Crippen molar-refractivity contribution in [3.8, 4) is 22.3 Å². The molecule has 2 aliphatic carbocycles. The molecule has 43 heavy (non-hydrogen) atoms. The van der Waals surface area contributed by atoms with Crippen LogP contribution in [0.4, 0.5) is 0 Å². The Labute approximate surface area is 283 Å². The molecule has 220 valence electrons. The molecule has 3 heteroatoms. The molecule has 0 bridgehead atoms. The summed E-state index contributed by atoms with van der Waals surface area (Å²) in [6, 6.07) is 32.2. The quantitative estimate of drug-likeness (QED) is 0.273. The molecule has 0 heterocycles. The minimum atomic E-state index is -0.922. The van der Waals surface area contributed by atoms with E-state index < -0.39 is 23.2 Å². The zero-order chi connectivity index (χ0) is 29.1. The zero-order valence-electron chi connectivity index (χ0n) is 26.6. The molecule has 0 nitrogen and oxygen atoms in total. The van der Waals surface area contributed by atoms with Gasteiger partial charge in [-0.2, -0.15) is 0 Å². The van der Waals surface area contributed by atoms with Crippen LogP contribution in [0.3, 0.4) is 0 Å². The summed E-state index contributed by atoms with van der Waals surface area (Å²) < 4.78 is 1.19. The van der Waals surface area contributed by atoms with Gasteiger partial charge in [0.1, 0.15) is 0 Å². The number of rotatable bonds is 4. The number of hydrogen-bond acceptors (Lipinski definition) is 0. The van der Waals surface area contributed by atoms with Crippen molar-refractivity contribution in [3.63, 3.8) is 0 Å². The van der Waals surface area contributed by atoms with Gasteiger partial charge in [0, 0.05) is 0 Å². The standard InChI is InChI=1S/2C20H21.2ClH.Zr/c2*1-14-12-15-8-7-10-16(18(15)13-14)17-9-5-6-11-19(17)20(2,3)4;;;/h2*5-13H,1-4H3;2*1H;/q;;;;+2/p-2. The van der Waals surface area contributed by atoms with Gasteiger partial charge in [-0.1, -0.05) is 0 Å². The Morgan fingerprint density at radius 3 is 1.19 bits per heavy atom. The maximum atomic E-state index is 2.51. The van der Waals surface area contributed by atoms with E-state index in [-0.39, 0.29) is 35.6 Å². The predicted molar refractivity (Wildman–Crippen MR) is 174 cm³/mol. The largest absolute Gasteiger partial charge is 1.00 e. The van der Waals surface area contributed by atoms with Crippen LogP contribution in [-0.4, -0.2) is 0 Å². The van der Waals surface area contributed by atoms with E-state index in [9.17, 15) is 0 Å². The molecule has 4 aromatic carbocycles. The Kier molecular flexibility index (Phi) is 9.93. The van der Waals surface area contributed by atoms with Gasteiger partial charge in [0.05, 0.1) is 0 Å². The van der Waals surface area contributed by atoms with Gasteiger partial charge in [-0.25, -0.2) is 0 Å². The smallest absolute Gasteiger partial charge is 1.00 e. The molecule has 0 aliphatic heterocycles. The SMILES string of the molecule is CC1=Cc2c(-c3ccccc3C(C)(C)C)cccc2[CH]1[Zr+2][CH]1C(C)=Cc2c(-c3ccccc3C(C)(C)C)cccc21.[Cl-].[Cl-]. The van der Waals surface area contributed by atoms with Gasteiger partial charge in [-0.15, -0.1) is 0 Å². The normalized spacial score (nSPS) is 17.1. The summed E-state index contributed by atoms with van der Waals surface area (Å²) in [5, 5.41) is 0. The monoisotopic (exact) mass is 682 g/mol. The molecule has 0 spiro atoms. The van der Waals surface area contributed by atoms with Crippen molar-refractivity contribution in [1.82, 2.24) is 0 Å². The van der Waals surface area contributed by atoms with E-state index in [1.807, 2.05) is 0 Å². The summed E-state index contributed by atoms with van der Waals surface area (Å²) in [6.07, 6.45) is 5.03. The van der Waals surface area contributed by atoms with Crippen molar-refractivity contribution >= 4 is 12.2 Å². The molecule has 0 N–H and O–H groups in total. The summed E-state index contributed by atoms with van der Waals surface area (Å²) >= 11 is -0.922. The van der Waals surface area contributed by atoms with Crippen LogP contribution in [-0.2, 0) is 34.1 Å². The van der Waals surface area contributed by atoms with E-state index >= 15 is 0 Å². The van der Waals surface area contributed by atoms with Crippen molar-refractivity contribution in [2.75, 3.05) is 0 Å².